The number of aliphatic hydroxyl groups is 1. The van der Waals surface area contributed by atoms with Crippen LogP contribution in [0.25, 0.3) is 0 Å². The van der Waals surface area contributed by atoms with E-state index in [0.717, 1.165) is 18.4 Å². The van der Waals surface area contributed by atoms with Gasteiger partial charge in [0.1, 0.15) is 0 Å². The van der Waals surface area contributed by atoms with E-state index in [9.17, 15) is 5.11 Å². The van der Waals surface area contributed by atoms with Crippen LogP contribution in [0.5, 0.6) is 0 Å². The molecular weight excluding hydrogens is 188 g/mol. The number of rotatable bonds is 3. The smallest absolute Gasteiger partial charge is 0.0930 e. The minimum absolute atomic E-state index is 0.0682. The molecule has 1 saturated carbocycles. The van der Waals surface area contributed by atoms with E-state index < -0.39 is 5.60 Å². The predicted molar refractivity (Wildman–Crippen MR) is 59.6 cm³/mol. The van der Waals surface area contributed by atoms with Gasteiger partial charge in [-0.3, -0.25) is 0 Å². The molecule has 0 bridgehead atoms. The molecule has 1 N–H and O–H groups in total. The quantitative estimate of drug-likeness (QED) is 0.823. The van der Waals surface area contributed by atoms with Crippen molar-refractivity contribution < 1.29 is 9.84 Å². The highest BCUT2D eigenvalue weighted by atomic mass is 16.5. The van der Waals surface area contributed by atoms with Crippen LogP contribution in [0.15, 0.2) is 24.3 Å². The molecule has 0 heterocycles. The molecule has 0 radical (unpaired) electrons. The Hall–Kier alpha value is -0.860. The standard InChI is InChI=1S/C13H18O2/c1-12(2,14)10-5-4-6-11(9-10)13(15-3)7-8-13/h4-6,9,14H,7-8H2,1-3H3. The summed E-state index contributed by atoms with van der Waals surface area (Å²) in [5.74, 6) is 0. The van der Waals surface area contributed by atoms with Crippen molar-refractivity contribution in [2.75, 3.05) is 7.11 Å². The number of hydrogen-bond donors (Lipinski definition) is 1. The molecule has 0 amide bonds. The van der Waals surface area contributed by atoms with Gasteiger partial charge in [-0.1, -0.05) is 24.3 Å². The fourth-order valence-corrected chi connectivity index (χ4v) is 1.91. The summed E-state index contributed by atoms with van der Waals surface area (Å²) in [6, 6.07) is 8.07. The van der Waals surface area contributed by atoms with E-state index in [1.807, 2.05) is 12.1 Å². The lowest BCUT2D eigenvalue weighted by molar-refractivity contribution is 0.0725. The van der Waals surface area contributed by atoms with Crippen molar-refractivity contribution in [1.82, 2.24) is 0 Å². The van der Waals surface area contributed by atoms with Crippen LogP contribution in [0.3, 0.4) is 0 Å². The molecule has 0 spiro atoms. The molecule has 0 aromatic heterocycles. The average Bonchev–Trinajstić information content (AvgIpc) is 2.97. The molecule has 82 valence electrons. The maximum atomic E-state index is 9.93. The molecule has 2 heteroatoms. The van der Waals surface area contributed by atoms with Crippen molar-refractivity contribution >= 4 is 0 Å². The zero-order chi connectivity index (χ0) is 11.1. The van der Waals surface area contributed by atoms with Crippen LogP contribution < -0.4 is 0 Å². The van der Waals surface area contributed by atoms with Gasteiger partial charge < -0.3 is 9.84 Å². The summed E-state index contributed by atoms with van der Waals surface area (Å²) in [7, 11) is 1.75. The van der Waals surface area contributed by atoms with E-state index in [0.29, 0.717) is 0 Å². The maximum absolute atomic E-state index is 9.93. The van der Waals surface area contributed by atoms with Gasteiger partial charge in [-0.2, -0.15) is 0 Å². The first kappa shape index (κ1) is 10.7. The molecule has 0 atom stereocenters. The number of benzene rings is 1. The first-order chi connectivity index (χ1) is 6.98. The third-order valence-electron chi connectivity index (χ3n) is 3.19. The molecule has 1 aliphatic carbocycles. The third kappa shape index (κ3) is 1.92. The molecule has 1 aliphatic rings. The Morgan fingerprint density at radius 1 is 1.33 bits per heavy atom. The molecule has 0 saturated heterocycles. The summed E-state index contributed by atoms with van der Waals surface area (Å²) in [6.45, 7) is 3.61. The lowest BCUT2D eigenvalue weighted by atomic mass is 9.94. The summed E-state index contributed by atoms with van der Waals surface area (Å²) >= 11 is 0. The fraction of sp³-hybridized carbons (Fsp3) is 0.538. The lowest BCUT2D eigenvalue weighted by Crippen LogP contribution is -2.17. The Balaban J connectivity index is 2.35. The molecule has 1 fully saturated rings. The summed E-state index contributed by atoms with van der Waals surface area (Å²) in [6.07, 6.45) is 2.16. The molecule has 2 rings (SSSR count). The SMILES string of the molecule is COC1(c2cccc(C(C)(C)O)c2)CC1. The van der Waals surface area contributed by atoms with E-state index in [4.69, 9.17) is 4.74 Å². The maximum Gasteiger partial charge on any atom is 0.0930 e. The van der Waals surface area contributed by atoms with Crippen LogP contribution >= 0.6 is 0 Å². The van der Waals surface area contributed by atoms with Crippen LogP contribution in [0.2, 0.25) is 0 Å². The van der Waals surface area contributed by atoms with Crippen LogP contribution in [0, 0.1) is 0 Å². The molecule has 0 aliphatic heterocycles. The molecule has 2 nitrogen and oxygen atoms in total. The summed E-state index contributed by atoms with van der Waals surface area (Å²) in [5.41, 5.74) is 1.29. The van der Waals surface area contributed by atoms with Crippen molar-refractivity contribution in [1.29, 1.82) is 0 Å². The summed E-state index contributed by atoms with van der Waals surface area (Å²) in [5, 5.41) is 9.93. The second-order valence-corrected chi connectivity index (χ2v) is 4.84. The zero-order valence-corrected chi connectivity index (χ0v) is 9.58. The van der Waals surface area contributed by atoms with Gasteiger partial charge in [0.2, 0.25) is 0 Å². The van der Waals surface area contributed by atoms with Crippen LogP contribution in [0.1, 0.15) is 37.8 Å². The normalized spacial score (nSPS) is 18.9. The van der Waals surface area contributed by atoms with Gasteiger partial charge in [-0.05, 0) is 37.8 Å². The van der Waals surface area contributed by atoms with Crippen molar-refractivity contribution in [3.63, 3.8) is 0 Å². The van der Waals surface area contributed by atoms with Crippen LogP contribution in [-0.2, 0) is 15.9 Å². The van der Waals surface area contributed by atoms with E-state index in [1.165, 1.54) is 5.56 Å². The van der Waals surface area contributed by atoms with Gasteiger partial charge >= 0.3 is 0 Å². The van der Waals surface area contributed by atoms with Crippen molar-refractivity contribution in [2.24, 2.45) is 0 Å². The second-order valence-electron chi connectivity index (χ2n) is 4.84. The van der Waals surface area contributed by atoms with Gasteiger partial charge in [0.15, 0.2) is 0 Å². The minimum Gasteiger partial charge on any atom is -0.386 e. The Labute approximate surface area is 90.9 Å². The first-order valence-corrected chi connectivity index (χ1v) is 5.36. The number of ether oxygens (including phenoxy) is 1. The minimum atomic E-state index is -0.778. The number of methoxy groups -OCH3 is 1. The Morgan fingerprint density at radius 2 is 2.00 bits per heavy atom. The van der Waals surface area contributed by atoms with E-state index in [2.05, 4.69) is 12.1 Å². The van der Waals surface area contributed by atoms with E-state index >= 15 is 0 Å². The zero-order valence-electron chi connectivity index (χ0n) is 9.58. The molecule has 1 aromatic carbocycles. The molecular formula is C13H18O2. The Morgan fingerprint density at radius 3 is 2.47 bits per heavy atom. The molecule has 15 heavy (non-hydrogen) atoms. The average molecular weight is 206 g/mol. The van der Waals surface area contributed by atoms with Crippen LogP contribution in [-0.4, -0.2) is 12.2 Å². The van der Waals surface area contributed by atoms with Gasteiger partial charge in [0.05, 0.1) is 11.2 Å². The molecule has 0 unspecified atom stereocenters. The summed E-state index contributed by atoms with van der Waals surface area (Å²) < 4.78 is 5.52. The van der Waals surface area contributed by atoms with Crippen LogP contribution in [0.4, 0.5) is 0 Å². The third-order valence-corrected chi connectivity index (χ3v) is 3.19. The van der Waals surface area contributed by atoms with Gasteiger partial charge in [0, 0.05) is 7.11 Å². The highest BCUT2D eigenvalue weighted by molar-refractivity contribution is 5.34. The summed E-state index contributed by atoms with van der Waals surface area (Å²) in [4.78, 5) is 0. The largest absolute Gasteiger partial charge is 0.386 e. The topological polar surface area (TPSA) is 29.5 Å². The highest BCUT2D eigenvalue weighted by Gasteiger charge is 2.44. The van der Waals surface area contributed by atoms with Crippen molar-refractivity contribution in [2.45, 2.75) is 37.9 Å². The van der Waals surface area contributed by atoms with E-state index in [1.54, 1.807) is 21.0 Å². The van der Waals surface area contributed by atoms with Gasteiger partial charge in [-0.15, -0.1) is 0 Å². The van der Waals surface area contributed by atoms with E-state index in [-0.39, 0.29) is 5.60 Å². The predicted octanol–water partition coefficient (Wildman–Crippen LogP) is 2.55. The van der Waals surface area contributed by atoms with Crippen molar-refractivity contribution in [3.8, 4) is 0 Å². The molecule has 1 aromatic rings. The fourth-order valence-electron chi connectivity index (χ4n) is 1.91. The lowest BCUT2D eigenvalue weighted by Gasteiger charge is -2.21. The Kier molecular flexibility index (Phi) is 2.36. The highest BCUT2D eigenvalue weighted by Crippen LogP contribution is 2.49. The second kappa shape index (κ2) is 3.32. The van der Waals surface area contributed by atoms with Crippen molar-refractivity contribution in [3.05, 3.63) is 35.4 Å². The monoisotopic (exact) mass is 206 g/mol. The Bertz CT molecular complexity index is 359. The number of hydrogen-bond acceptors (Lipinski definition) is 2. The van der Waals surface area contributed by atoms with Gasteiger partial charge in [-0.25, -0.2) is 0 Å². The first-order valence-electron chi connectivity index (χ1n) is 5.36. The van der Waals surface area contributed by atoms with Gasteiger partial charge in [0.25, 0.3) is 0 Å².